The molecule has 4 rings (SSSR count). The average molecular weight is 427 g/mol. The molecule has 0 unspecified atom stereocenters. The Bertz CT molecular complexity index is 840. The van der Waals surface area contributed by atoms with Gasteiger partial charge in [0.15, 0.2) is 0 Å². The second-order valence-electron chi connectivity index (χ2n) is 8.22. The van der Waals surface area contributed by atoms with E-state index in [1.54, 1.807) is 23.5 Å². The fourth-order valence-corrected chi connectivity index (χ4v) is 5.04. The first kappa shape index (κ1) is 21.0. The highest BCUT2D eigenvalue weighted by Gasteiger charge is 2.28. The Morgan fingerprint density at radius 3 is 2.50 bits per heavy atom. The van der Waals surface area contributed by atoms with Crippen molar-refractivity contribution in [2.24, 2.45) is 5.92 Å². The molecule has 160 valence electrons. The second-order valence-corrected chi connectivity index (χ2v) is 9.16. The predicted octanol–water partition coefficient (Wildman–Crippen LogP) is 3.30. The molecule has 2 heterocycles. The average Bonchev–Trinajstić information content (AvgIpc) is 3.26. The molecule has 1 saturated heterocycles. The standard InChI is InChI=1S/C23H30N4O2S/c28-22(18-7-3-1-4-8-18)24-15-21-25-20(17-30-21)16-26-11-13-27(14-12-26)23(29)19-9-5-2-6-10-19/h1,3-4,7-8,17,19H,2,5-6,9-16H2,(H,24,28). The van der Waals surface area contributed by atoms with Crippen LogP contribution < -0.4 is 5.32 Å². The van der Waals surface area contributed by atoms with Gasteiger partial charge in [-0.15, -0.1) is 11.3 Å². The van der Waals surface area contributed by atoms with Gasteiger partial charge < -0.3 is 10.2 Å². The zero-order chi connectivity index (χ0) is 20.8. The molecule has 0 radical (unpaired) electrons. The van der Waals surface area contributed by atoms with Crippen LogP contribution in [0.5, 0.6) is 0 Å². The molecule has 1 saturated carbocycles. The molecule has 2 aromatic rings. The van der Waals surface area contributed by atoms with Gasteiger partial charge in [-0.1, -0.05) is 37.5 Å². The van der Waals surface area contributed by atoms with E-state index in [0.29, 0.717) is 18.0 Å². The first-order valence-corrected chi connectivity index (χ1v) is 11.8. The van der Waals surface area contributed by atoms with Crippen molar-refractivity contribution >= 4 is 23.2 Å². The number of amides is 2. The number of nitrogens with one attached hydrogen (secondary N) is 1. The monoisotopic (exact) mass is 426 g/mol. The fraction of sp³-hybridized carbons (Fsp3) is 0.522. The number of hydrogen-bond acceptors (Lipinski definition) is 5. The lowest BCUT2D eigenvalue weighted by atomic mass is 9.88. The van der Waals surface area contributed by atoms with Gasteiger partial charge in [0.1, 0.15) is 5.01 Å². The fourth-order valence-electron chi connectivity index (χ4n) is 4.31. The molecule has 7 heteroatoms. The molecule has 1 aliphatic heterocycles. The van der Waals surface area contributed by atoms with Crippen LogP contribution in [0.15, 0.2) is 35.7 Å². The molecular weight excluding hydrogens is 396 g/mol. The van der Waals surface area contributed by atoms with Crippen LogP contribution in [0.4, 0.5) is 0 Å². The molecule has 30 heavy (non-hydrogen) atoms. The van der Waals surface area contributed by atoms with Crippen molar-refractivity contribution in [1.29, 1.82) is 0 Å². The van der Waals surface area contributed by atoms with Crippen LogP contribution in [-0.4, -0.2) is 52.8 Å². The minimum Gasteiger partial charge on any atom is -0.346 e. The summed E-state index contributed by atoms with van der Waals surface area (Å²) in [5, 5.41) is 5.92. The van der Waals surface area contributed by atoms with E-state index in [0.717, 1.165) is 56.3 Å². The van der Waals surface area contributed by atoms with E-state index in [4.69, 9.17) is 0 Å². The second kappa shape index (κ2) is 10.2. The zero-order valence-electron chi connectivity index (χ0n) is 17.4. The van der Waals surface area contributed by atoms with E-state index in [9.17, 15) is 9.59 Å². The van der Waals surface area contributed by atoms with E-state index in [1.807, 2.05) is 18.2 Å². The Labute approximate surface area is 182 Å². The maximum absolute atomic E-state index is 12.7. The first-order valence-electron chi connectivity index (χ1n) is 11.0. The van der Waals surface area contributed by atoms with E-state index in [-0.39, 0.29) is 11.8 Å². The molecule has 0 bridgehead atoms. The van der Waals surface area contributed by atoms with E-state index < -0.39 is 0 Å². The number of piperazine rings is 1. The number of benzene rings is 1. The summed E-state index contributed by atoms with van der Waals surface area (Å²) < 4.78 is 0. The first-order chi connectivity index (χ1) is 14.7. The smallest absolute Gasteiger partial charge is 0.251 e. The SMILES string of the molecule is O=C(NCc1nc(CN2CCN(C(=O)C3CCCCC3)CC2)cs1)c1ccccc1. The van der Waals surface area contributed by atoms with Crippen LogP contribution in [0.1, 0.15) is 53.2 Å². The van der Waals surface area contributed by atoms with Crippen LogP contribution in [-0.2, 0) is 17.9 Å². The number of aromatic nitrogens is 1. The quantitative estimate of drug-likeness (QED) is 0.770. The Balaban J connectivity index is 1.21. The van der Waals surface area contributed by atoms with Crippen molar-refractivity contribution < 1.29 is 9.59 Å². The van der Waals surface area contributed by atoms with Crippen LogP contribution in [0.3, 0.4) is 0 Å². The van der Waals surface area contributed by atoms with Crippen molar-refractivity contribution in [3.05, 3.63) is 52.0 Å². The summed E-state index contributed by atoms with van der Waals surface area (Å²) in [5.41, 5.74) is 1.70. The van der Waals surface area contributed by atoms with Gasteiger partial charge in [0.05, 0.1) is 12.2 Å². The molecule has 2 fully saturated rings. The molecule has 0 spiro atoms. The van der Waals surface area contributed by atoms with Crippen molar-refractivity contribution in [2.75, 3.05) is 26.2 Å². The van der Waals surface area contributed by atoms with Crippen LogP contribution >= 0.6 is 11.3 Å². The molecule has 2 aliphatic rings. The van der Waals surface area contributed by atoms with Gasteiger partial charge in [0, 0.05) is 49.6 Å². The third-order valence-electron chi connectivity index (χ3n) is 6.06. The number of thiazole rings is 1. The molecule has 6 nitrogen and oxygen atoms in total. The van der Waals surface area contributed by atoms with Crippen molar-refractivity contribution in [1.82, 2.24) is 20.1 Å². The lowest BCUT2D eigenvalue weighted by Gasteiger charge is -2.36. The van der Waals surface area contributed by atoms with E-state index in [2.05, 4.69) is 25.5 Å². The van der Waals surface area contributed by atoms with Gasteiger partial charge >= 0.3 is 0 Å². The molecule has 1 aromatic carbocycles. The summed E-state index contributed by atoms with van der Waals surface area (Å²) in [4.78, 5) is 34.0. The Kier molecular flexibility index (Phi) is 7.12. The summed E-state index contributed by atoms with van der Waals surface area (Å²) in [6.45, 7) is 4.68. The van der Waals surface area contributed by atoms with Crippen LogP contribution in [0, 0.1) is 5.92 Å². The molecule has 2 amide bonds. The number of carbonyl (C=O) groups excluding carboxylic acids is 2. The Hall–Kier alpha value is -2.25. The van der Waals surface area contributed by atoms with Gasteiger partial charge in [0.25, 0.3) is 5.91 Å². The molecule has 1 aliphatic carbocycles. The van der Waals surface area contributed by atoms with Gasteiger partial charge in [0.2, 0.25) is 5.91 Å². The van der Waals surface area contributed by atoms with Crippen LogP contribution in [0.25, 0.3) is 0 Å². The third kappa shape index (κ3) is 5.46. The maximum Gasteiger partial charge on any atom is 0.251 e. The topological polar surface area (TPSA) is 65.5 Å². The Morgan fingerprint density at radius 2 is 1.77 bits per heavy atom. The van der Waals surface area contributed by atoms with Crippen LogP contribution in [0.2, 0.25) is 0 Å². The molecule has 1 N–H and O–H groups in total. The van der Waals surface area contributed by atoms with Gasteiger partial charge in [-0.3, -0.25) is 14.5 Å². The number of carbonyl (C=O) groups is 2. The highest BCUT2D eigenvalue weighted by Crippen LogP contribution is 2.26. The van der Waals surface area contributed by atoms with E-state index >= 15 is 0 Å². The van der Waals surface area contributed by atoms with Gasteiger partial charge in [-0.25, -0.2) is 4.98 Å². The number of rotatable bonds is 6. The molecule has 1 aromatic heterocycles. The lowest BCUT2D eigenvalue weighted by Crippen LogP contribution is -2.50. The van der Waals surface area contributed by atoms with E-state index in [1.165, 1.54) is 19.3 Å². The summed E-state index contributed by atoms with van der Waals surface area (Å²) in [5.74, 6) is 0.558. The number of nitrogens with zero attached hydrogens (tertiary/aromatic N) is 3. The summed E-state index contributed by atoms with van der Waals surface area (Å²) in [7, 11) is 0. The largest absolute Gasteiger partial charge is 0.346 e. The summed E-state index contributed by atoms with van der Waals surface area (Å²) in [6, 6.07) is 9.23. The normalized spacial score (nSPS) is 18.3. The summed E-state index contributed by atoms with van der Waals surface area (Å²) in [6.07, 6.45) is 5.83. The molecule has 0 atom stereocenters. The predicted molar refractivity (Wildman–Crippen MR) is 118 cm³/mol. The van der Waals surface area contributed by atoms with Crippen molar-refractivity contribution in [3.63, 3.8) is 0 Å². The van der Waals surface area contributed by atoms with Gasteiger partial charge in [-0.2, -0.15) is 0 Å². The van der Waals surface area contributed by atoms with Gasteiger partial charge in [-0.05, 0) is 25.0 Å². The minimum atomic E-state index is -0.0777. The maximum atomic E-state index is 12.7. The van der Waals surface area contributed by atoms with Crippen molar-refractivity contribution in [3.8, 4) is 0 Å². The lowest BCUT2D eigenvalue weighted by molar-refractivity contribution is -0.138. The Morgan fingerprint density at radius 1 is 1.03 bits per heavy atom. The zero-order valence-corrected chi connectivity index (χ0v) is 18.2. The minimum absolute atomic E-state index is 0.0777. The molecular formula is C23H30N4O2S. The third-order valence-corrected chi connectivity index (χ3v) is 6.96. The van der Waals surface area contributed by atoms with Crippen molar-refractivity contribution in [2.45, 2.75) is 45.2 Å². The number of hydrogen-bond donors (Lipinski definition) is 1. The highest BCUT2D eigenvalue weighted by molar-refractivity contribution is 7.09. The highest BCUT2D eigenvalue weighted by atomic mass is 32.1. The summed E-state index contributed by atoms with van der Waals surface area (Å²) >= 11 is 1.58.